The molecular formula is C10H19N3S. The molecule has 1 heterocycles. The van der Waals surface area contributed by atoms with Crippen LogP contribution in [0.25, 0.3) is 0 Å². The van der Waals surface area contributed by atoms with Crippen molar-refractivity contribution in [1.29, 1.82) is 0 Å². The van der Waals surface area contributed by atoms with Gasteiger partial charge in [-0.2, -0.15) is 5.10 Å². The Bertz CT molecular complexity index is 324. The maximum Gasteiger partial charge on any atom is 0.195 e. The molecule has 1 aromatic rings. The van der Waals surface area contributed by atoms with Crippen molar-refractivity contribution in [3.8, 4) is 0 Å². The highest BCUT2D eigenvalue weighted by atomic mass is 32.1. The second kappa shape index (κ2) is 5.29. The first-order valence-electron chi connectivity index (χ1n) is 5.29. The van der Waals surface area contributed by atoms with Crippen LogP contribution in [0, 0.1) is 10.7 Å². The highest BCUT2D eigenvalue weighted by Gasteiger charge is 2.07. The SMILES string of the molecule is CCCCn1c(CC(C)C)n[nH]c1=S. The molecule has 0 aromatic carbocycles. The van der Waals surface area contributed by atoms with Gasteiger partial charge in [-0.25, -0.2) is 0 Å². The molecule has 0 aliphatic carbocycles. The van der Waals surface area contributed by atoms with E-state index in [1.54, 1.807) is 0 Å². The van der Waals surface area contributed by atoms with E-state index in [1.165, 1.54) is 12.8 Å². The molecule has 0 unspecified atom stereocenters. The monoisotopic (exact) mass is 213 g/mol. The Labute approximate surface area is 90.5 Å². The largest absolute Gasteiger partial charge is 0.304 e. The van der Waals surface area contributed by atoms with E-state index in [-0.39, 0.29) is 0 Å². The van der Waals surface area contributed by atoms with Gasteiger partial charge in [0.2, 0.25) is 0 Å². The third-order valence-corrected chi connectivity index (χ3v) is 2.48. The van der Waals surface area contributed by atoms with E-state index in [4.69, 9.17) is 12.2 Å². The van der Waals surface area contributed by atoms with E-state index in [2.05, 4.69) is 35.5 Å². The van der Waals surface area contributed by atoms with Crippen LogP contribution in [0.5, 0.6) is 0 Å². The topological polar surface area (TPSA) is 33.6 Å². The van der Waals surface area contributed by atoms with Crippen LogP contribution in [0.2, 0.25) is 0 Å². The number of nitrogens with zero attached hydrogens (tertiary/aromatic N) is 2. The van der Waals surface area contributed by atoms with Crippen LogP contribution >= 0.6 is 12.2 Å². The smallest absolute Gasteiger partial charge is 0.195 e. The van der Waals surface area contributed by atoms with E-state index >= 15 is 0 Å². The molecule has 1 N–H and O–H groups in total. The molecule has 0 aliphatic rings. The lowest BCUT2D eigenvalue weighted by Gasteiger charge is -2.07. The van der Waals surface area contributed by atoms with Gasteiger partial charge >= 0.3 is 0 Å². The van der Waals surface area contributed by atoms with Gasteiger partial charge in [0.1, 0.15) is 5.82 Å². The summed E-state index contributed by atoms with van der Waals surface area (Å²) in [5, 5.41) is 7.12. The van der Waals surface area contributed by atoms with E-state index < -0.39 is 0 Å². The average molecular weight is 213 g/mol. The van der Waals surface area contributed by atoms with Gasteiger partial charge in [0.15, 0.2) is 4.77 Å². The molecule has 0 radical (unpaired) electrons. The van der Waals surface area contributed by atoms with Crippen molar-refractivity contribution in [2.45, 2.75) is 46.6 Å². The maximum absolute atomic E-state index is 5.18. The predicted octanol–water partition coefficient (Wildman–Crippen LogP) is 2.94. The van der Waals surface area contributed by atoms with Crippen LogP contribution in [-0.2, 0) is 13.0 Å². The zero-order chi connectivity index (χ0) is 10.6. The molecule has 80 valence electrons. The van der Waals surface area contributed by atoms with Crippen molar-refractivity contribution < 1.29 is 0 Å². The van der Waals surface area contributed by atoms with Crippen molar-refractivity contribution in [2.75, 3.05) is 0 Å². The minimum absolute atomic E-state index is 0.626. The summed E-state index contributed by atoms with van der Waals surface area (Å²) >= 11 is 5.18. The molecule has 0 fully saturated rings. The van der Waals surface area contributed by atoms with Crippen molar-refractivity contribution >= 4 is 12.2 Å². The van der Waals surface area contributed by atoms with Crippen LogP contribution < -0.4 is 0 Å². The van der Waals surface area contributed by atoms with Gasteiger partial charge in [-0.3, -0.25) is 5.10 Å². The van der Waals surface area contributed by atoms with Crippen LogP contribution in [0.1, 0.15) is 39.4 Å². The minimum atomic E-state index is 0.626. The molecule has 0 saturated heterocycles. The predicted molar refractivity (Wildman–Crippen MR) is 60.9 cm³/mol. The molecule has 3 nitrogen and oxygen atoms in total. The van der Waals surface area contributed by atoms with Gasteiger partial charge in [-0.1, -0.05) is 27.2 Å². The van der Waals surface area contributed by atoms with Gasteiger partial charge in [-0.05, 0) is 24.6 Å². The van der Waals surface area contributed by atoms with Crippen LogP contribution in [0.4, 0.5) is 0 Å². The number of H-pyrrole nitrogens is 1. The Balaban J connectivity index is 2.77. The summed E-state index contributed by atoms with van der Waals surface area (Å²) in [6.07, 6.45) is 3.35. The summed E-state index contributed by atoms with van der Waals surface area (Å²) in [6.45, 7) is 7.57. The third-order valence-electron chi connectivity index (χ3n) is 2.16. The van der Waals surface area contributed by atoms with Crippen molar-refractivity contribution in [2.24, 2.45) is 5.92 Å². The first kappa shape index (κ1) is 11.4. The average Bonchev–Trinajstić information content (AvgIpc) is 2.44. The molecule has 4 heteroatoms. The molecule has 0 saturated carbocycles. The lowest BCUT2D eigenvalue weighted by Crippen LogP contribution is -2.07. The van der Waals surface area contributed by atoms with Crippen LogP contribution in [0.3, 0.4) is 0 Å². The number of aromatic nitrogens is 3. The fourth-order valence-electron chi connectivity index (χ4n) is 1.42. The Morgan fingerprint density at radius 2 is 2.21 bits per heavy atom. The normalized spacial score (nSPS) is 11.1. The highest BCUT2D eigenvalue weighted by molar-refractivity contribution is 7.71. The lowest BCUT2D eigenvalue weighted by atomic mass is 10.1. The van der Waals surface area contributed by atoms with Gasteiger partial charge in [0.05, 0.1) is 0 Å². The van der Waals surface area contributed by atoms with E-state index in [9.17, 15) is 0 Å². The Kier molecular flexibility index (Phi) is 4.32. The van der Waals surface area contributed by atoms with Crippen molar-refractivity contribution in [3.05, 3.63) is 10.6 Å². The molecule has 1 rings (SSSR count). The molecule has 0 amide bonds. The maximum atomic E-state index is 5.18. The van der Waals surface area contributed by atoms with Crippen molar-refractivity contribution in [3.63, 3.8) is 0 Å². The second-order valence-electron chi connectivity index (χ2n) is 4.05. The number of unbranched alkanes of at least 4 members (excludes halogenated alkanes) is 1. The molecule has 0 bridgehead atoms. The fourth-order valence-corrected chi connectivity index (χ4v) is 1.66. The first-order chi connectivity index (χ1) is 6.65. The van der Waals surface area contributed by atoms with Crippen molar-refractivity contribution in [1.82, 2.24) is 14.8 Å². The fraction of sp³-hybridized carbons (Fsp3) is 0.800. The lowest BCUT2D eigenvalue weighted by molar-refractivity contribution is 0.550. The van der Waals surface area contributed by atoms with E-state index in [1.807, 2.05) is 0 Å². The van der Waals surface area contributed by atoms with Gasteiger partial charge in [-0.15, -0.1) is 0 Å². The Hall–Kier alpha value is -0.640. The Morgan fingerprint density at radius 1 is 1.50 bits per heavy atom. The zero-order valence-electron chi connectivity index (χ0n) is 9.21. The summed E-state index contributed by atoms with van der Waals surface area (Å²) in [6, 6.07) is 0. The number of rotatable bonds is 5. The third kappa shape index (κ3) is 2.94. The molecular weight excluding hydrogens is 194 g/mol. The summed E-state index contributed by atoms with van der Waals surface area (Å²) < 4.78 is 2.88. The zero-order valence-corrected chi connectivity index (χ0v) is 10.0. The molecule has 1 aromatic heterocycles. The van der Waals surface area contributed by atoms with E-state index in [0.717, 1.165) is 23.6 Å². The summed E-state index contributed by atoms with van der Waals surface area (Å²) in [5.41, 5.74) is 0. The highest BCUT2D eigenvalue weighted by Crippen LogP contribution is 2.07. The van der Waals surface area contributed by atoms with Gasteiger partial charge in [0.25, 0.3) is 0 Å². The van der Waals surface area contributed by atoms with Crippen LogP contribution in [-0.4, -0.2) is 14.8 Å². The molecule has 0 atom stereocenters. The quantitative estimate of drug-likeness (QED) is 0.763. The second-order valence-corrected chi connectivity index (χ2v) is 4.43. The Morgan fingerprint density at radius 3 is 2.79 bits per heavy atom. The summed E-state index contributed by atoms with van der Waals surface area (Å²) in [4.78, 5) is 0. The first-order valence-corrected chi connectivity index (χ1v) is 5.70. The molecule has 14 heavy (non-hydrogen) atoms. The summed E-state index contributed by atoms with van der Waals surface area (Å²) in [5.74, 6) is 1.72. The molecule has 0 aliphatic heterocycles. The van der Waals surface area contributed by atoms with Crippen LogP contribution in [0.15, 0.2) is 0 Å². The van der Waals surface area contributed by atoms with E-state index in [0.29, 0.717) is 5.92 Å². The van der Waals surface area contributed by atoms with Gasteiger partial charge in [0, 0.05) is 13.0 Å². The standard InChI is InChI=1S/C10H19N3S/c1-4-5-6-13-9(7-8(2)3)11-12-10(13)14/h8H,4-7H2,1-3H3,(H,12,14). The number of aromatic amines is 1. The minimum Gasteiger partial charge on any atom is -0.304 e. The molecule has 0 spiro atoms. The number of nitrogens with one attached hydrogen (secondary N) is 1. The summed E-state index contributed by atoms with van der Waals surface area (Å²) in [7, 11) is 0. The number of hydrogen-bond acceptors (Lipinski definition) is 2. The van der Waals surface area contributed by atoms with Gasteiger partial charge < -0.3 is 4.57 Å². The number of hydrogen-bond donors (Lipinski definition) is 1.